The van der Waals surface area contributed by atoms with Gasteiger partial charge in [-0.1, -0.05) is 97.0 Å². The second kappa shape index (κ2) is 7.76. The molecule has 0 saturated heterocycles. The molecule has 0 spiro atoms. The van der Waals surface area contributed by atoms with Crippen molar-refractivity contribution < 1.29 is 0 Å². The molecule has 0 N–H and O–H groups in total. The molecule has 4 aromatic rings. The molecule has 0 aliphatic carbocycles. The lowest BCUT2D eigenvalue weighted by molar-refractivity contribution is 0.596. The summed E-state index contributed by atoms with van der Waals surface area (Å²) in [5.41, 5.74) is 3.92. The molecule has 0 saturated carbocycles. The number of hydrogen-bond donors (Lipinski definition) is 0. The maximum Gasteiger partial charge on any atom is 0.127 e. The van der Waals surface area contributed by atoms with Crippen LogP contribution in [0, 0.1) is 0 Å². The van der Waals surface area contributed by atoms with Gasteiger partial charge in [0.1, 0.15) is 9.52 Å². The van der Waals surface area contributed by atoms with Crippen LogP contribution in [0.1, 0.15) is 23.6 Å². The van der Waals surface area contributed by atoms with Crippen LogP contribution >= 0.6 is 0 Å². The van der Waals surface area contributed by atoms with E-state index in [2.05, 4.69) is 108 Å². The van der Waals surface area contributed by atoms with Crippen LogP contribution in [0.2, 0.25) is 0 Å². The summed E-state index contributed by atoms with van der Waals surface area (Å²) in [4.78, 5) is 4.38. The molecule has 27 heavy (non-hydrogen) atoms. The van der Waals surface area contributed by atoms with Crippen LogP contribution in [-0.2, 0) is 11.6 Å². The predicted molar refractivity (Wildman–Crippen MR) is 112 cm³/mol. The molecular formula is C24H22N2Si. The third-order valence-corrected chi connectivity index (χ3v) is 6.73. The van der Waals surface area contributed by atoms with Gasteiger partial charge in [0.2, 0.25) is 0 Å². The first-order chi connectivity index (χ1) is 13.3. The zero-order valence-electron chi connectivity index (χ0n) is 15.4. The van der Waals surface area contributed by atoms with Gasteiger partial charge < -0.3 is 4.57 Å². The second-order valence-electron chi connectivity index (χ2n) is 6.59. The molecule has 1 aromatic heterocycles. The minimum atomic E-state index is -0.314. The number of hydrogen-bond acceptors (Lipinski definition) is 1. The lowest BCUT2D eigenvalue weighted by Crippen LogP contribution is -2.46. The van der Waals surface area contributed by atoms with E-state index in [0.29, 0.717) is 9.52 Å². The molecule has 132 valence electrons. The molecule has 0 amide bonds. The Bertz CT molecular complexity index is 940. The summed E-state index contributed by atoms with van der Waals surface area (Å²) in [5.74, 6) is 0. The highest BCUT2D eigenvalue weighted by molar-refractivity contribution is 6.57. The summed E-state index contributed by atoms with van der Waals surface area (Å²) in [6.45, 7) is 2.21. The largest absolute Gasteiger partial charge is 0.326 e. The maximum absolute atomic E-state index is 4.38. The highest BCUT2D eigenvalue weighted by Crippen LogP contribution is 2.33. The summed E-state index contributed by atoms with van der Waals surface area (Å²) in [7, 11) is 0.538. The average molecular weight is 367 g/mol. The zero-order valence-corrected chi connectivity index (χ0v) is 16.4. The monoisotopic (exact) mass is 366 g/mol. The SMILES string of the molecule is CCc1cccc([Si]C(c2ccccc2)(c2ccccc2)n2ccnc2)c1. The van der Waals surface area contributed by atoms with E-state index >= 15 is 0 Å². The fraction of sp³-hybridized carbons (Fsp3) is 0.125. The smallest absolute Gasteiger partial charge is 0.127 e. The van der Waals surface area contributed by atoms with Crippen molar-refractivity contribution in [2.75, 3.05) is 0 Å². The van der Waals surface area contributed by atoms with Crippen molar-refractivity contribution in [2.24, 2.45) is 0 Å². The van der Waals surface area contributed by atoms with Crippen LogP contribution in [0.25, 0.3) is 0 Å². The van der Waals surface area contributed by atoms with Gasteiger partial charge in [-0.15, -0.1) is 0 Å². The number of rotatable bonds is 6. The number of nitrogens with zero attached hydrogens (tertiary/aromatic N) is 2. The van der Waals surface area contributed by atoms with Gasteiger partial charge in [0.25, 0.3) is 0 Å². The van der Waals surface area contributed by atoms with Crippen molar-refractivity contribution in [1.82, 2.24) is 9.55 Å². The van der Waals surface area contributed by atoms with Crippen LogP contribution in [0.3, 0.4) is 0 Å². The fourth-order valence-corrected chi connectivity index (χ4v) is 5.31. The number of benzene rings is 3. The van der Waals surface area contributed by atoms with Crippen LogP contribution in [0.15, 0.2) is 104 Å². The van der Waals surface area contributed by atoms with E-state index in [-0.39, 0.29) is 5.16 Å². The number of aryl methyl sites for hydroxylation is 1. The Morgan fingerprint density at radius 2 is 1.52 bits per heavy atom. The van der Waals surface area contributed by atoms with Gasteiger partial charge in [0, 0.05) is 12.4 Å². The lowest BCUT2D eigenvalue weighted by atomic mass is 9.97. The van der Waals surface area contributed by atoms with Crippen LogP contribution in [0.5, 0.6) is 0 Å². The van der Waals surface area contributed by atoms with Gasteiger partial charge in [0.05, 0.1) is 11.5 Å². The molecule has 0 unspecified atom stereocenters. The summed E-state index contributed by atoms with van der Waals surface area (Å²) < 4.78 is 2.26. The molecule has 2 radical (unpaired) electrons. The number of imidazole rings is 1. The molecule has 3 heteroatoms. The Morgan fingerprint density at radius 1 is 0.852 bits per heavy atom. The Hall–Kier alpha value is -2.91. The predicted octanol–water partition coefficient (Wildman–Crippen LogP) is 4.22. The van der Waals surface area contributed by atoms with Crippen LogP contribution < -0.4 is 5.19 Å². The summed E-state index contributed by atoms with van der Waals surface area (Å²) in [5, 5.41) is 1.04. The molecule has 0 aliphatic rings. The normalized spacial score (nSPS) is 11.4. The van der Waals surface area contributed by atoms with Crippen molar-refractivity contribution in [3.05, 3.63) is 120 Å². The Labute approximate surface area is 163 Å². The van der Waals surface area contributed by atoms with Gasteiger partial charge >= 0.3 is 0 Å². The van der Waals surface area contributed by atoms with Crippen LogP contribution in [0.4, 0.5) is 0 Å². The van der Waals surface area contributed by atoms with E-state index < -0.39 is 0 Å². The minimum absolute atomic E-state index is 0.314. The molecule has 3 aromatic carbocycles. The van der Waals surface area contributed by atoms with E-state index in [0.717, 1.165) is 6.42 Å². The summed E-state index contributed by atoms with van der Waals surface area (Å²) >= 11 is 0. The fourth-order valence-electron chi connectivity index (χ4n) is 3.57. The van der Waals surface area contributed by atoms with Crippen molar-refractivity contribution in [2.45, 2.75) is 18.5 Å². The summed E-state index contributed by atoms with van der Waals surface area (Å²) in [6, 6.07) is 30.5. The van der Waals surface area contributed by atoms with Crippen LogP contribution in [-0.4, -0.2) is 19.1 Å². The lowest BCUT2D eigenvalue weighted by Gasteiger charge is -2.36. The molecule has 4 rings (SSSR count). The quantitative estimate of drug-likeness (QED) is 0.467. The first kappa shape index (κ1) is 17.5. The number of aromatic nitrogens is 2. The van der Waals surface area contributed by atoms with E-state index in [1.54, 1.807) is 0 Å². The molecule has 0 bridgehead atoms. The maximum atomic E-state index is 4.38. The summed E-state index contributed by atoms with van der Waals surface area (Å²) in [6.07, 6.45) is 6.94. The van der Waals surface area contributed by atoms with Gasteiger partial charge in [-0.2, -0.15) is 0 Å². The van der Waals surface area contributed by atoms with Crippen molar-refractivity contribution in [3.8, 4) is 0 Å². The standard InChI is InChI=1S/C24H22N2Si/c1-2-20-10-9-15-23(18-20)27-24(26-17-16-25-19-26,21-11-5-3-6-12-21)22-13-7-4-8-14-22/h3-19H,2H2,1H3. The Morgan fingerprint density at radius 3 is 2.07 bits per heavy atom. The molecule has 0 atom stereocenters. The zero-order chi connectivity index (χ0) is 18.5. The third-order valence-electron chi connectivity index (χ3n) is 4.94. The van der Waals surface area contributed by atoms with E-state index in [4.69, 9.17) is 0 Å². The minimum Gasteiger partial charge on any atom is -0.326 e. The second-order valence-corrected chi connectivity index (χ2v) is 8.14. The van der Waals surface area contributed by atoms with Gasteiger partial charge in [0.15, 0.2) is 0 Å². The van der Waals surface area contributed by atoms with Gasteiger partial charge in [-0.3, -0.25) is 0 Å². The van der Waals surface area contributed by atoms with Crippen molar-refractivity contribution in [3.63, 3.8) is 0 Å². The van der Waals surface area contributed by atoms with E-state index in [9.17, 15) is 0 Å². The van der Waals surface area contributed by atoms with Crippen molar-refractivity contribution >= 4 is 14.7 Å². The molecule has 1 heterocycles. The first-order valence-corrected chi connectivity index (χ1v) is 10.3. The average Bonchev–Trinajstić information content (AvgIpc) is 3.29. The Balaban J connectivity index is 1.95. The molecular weight excluding hydrogens is 344 g/mol. The molecule has 2 nitrogen and oxygen atoms in total. The Kier molecular flexibility index (Phi) is 5.03. The molecule has 0 aliphatic heterocycles. The highest BCUT2D eigenvalue weighted by Gasteiger charge is 2.37. The van der Waals surface area contributed by atoms with Gasteiger partial charge in [-0.25, -0.2) is 4.98 Å². The first-order valence-electron chi connectivity index (χ1n) is 9.29. The van der Waals surface area contributed by atoms with Gasteiger partial charge in [-0.05, 0) is 23.1 Å². The van der Waals surface area contributed by atoms with E-state index in [1.807, 2.05) is 12.5 Å². The van der Waals surface area contributed by atoms with E-state index in [1.165, 1.54) is 21.9 Å². The van der Waals surface area contributed by atoms with Crippen molar-refractivity contribution in [1.29, 1.82) is 0 Å². The highest BCUT2D eigenvalue weighted by atomic mass is 28.2. The third kappa shape index (κ3) is 3.38. The topological polar surface area (TPSA) is 17.8 Å². The molecule has 0 fully saturated rings.